The molecule has 2 atom stereocenters. The maximum absolute atomic E-state index is 9.13. The smallest absolute Gasteiger partial charge is 0.0663 e. The highest BCUT2D eigenvalue weighted by Crippen LogP contribution is 2.45. The van der Waals surface area contributed by atoms with Crippen LogP contribution in [0.4, 0.5) is 0 Å². The van der Waals surface area contributed by atoms with Crippen molar-refractivity contribution in [3.05, 3.63) is 0 Å². The summed E-state index contributed by atoms with van der Waals surface area (Å²) in [4.78, 5) is 0. The second kappa shape index (κ2) is 1.71. The van der Waals surface area contributed by atoms with Crippen molar-refractivity contribution in [3.63, 3.8) is 0 Å². The zero-order valence-corrected chi connectivity index (χ0v) is 5.76. The molecule has 0 aliphatic heterocycles. The van der Waals surface area contributed by atoms with Gasteiger partial charge < -0.3 is 5.11 Å². The van der Waals surface area contributed by atoms with E-state index in [1.807, 2.05) is 13.8 Å². The van der Waals surface area contributed by atoms with Crippen molar-refractivity contribution in [3.8, 4) is 6.07 Å². The fraction of sp³-hybridized carbons (Fsp3) is 0.857. The quantitative estimate of drug-likeness (QED) is 0.523. The second-order valence-electron chi connectivity index (χ2n) is 3.25. The first-order valence-electron chi connectivity index (χ1n) is 3.16. The maximum Gasteiger partial charge on any atom is 0.0663 e. The molecule has 2 nitrogen and oxygen atoms in total. The molecule has 0 saturated heterocycles. The third kappa shape index (κ3) is 0.727. The topological polar surface area (TPSA) is 44.0 Å². The summed E-state index contributed by atoms with van der Waals surface area (Å²) in [6, 6.07) is 2.16. The molecule has 0 aromatic carbocycles. The van der Waals surface area contributed by atoms with E-state index in [-0.39, 0.29) is 17.4 Å². The van der Waals surface area contributed by atoms with Crippen molar-refractivity contribution in [1.82, 2.24) is 0 Å². The first-order chi connectivity index (χ1) is 4.09. The highest BCUT2D eigenvalue weighted by Gasteiger charge is 2.47. The summed E-state index contributed by atoms with van der Waals surface area (Å²) >= 11 is 0. The standard InChI is InChI=1S/C7H11NO/c1-7(2)5(4-8)3-6(7)9/h5-6,9H,3H2,1-2H3. The minimum Gasteiger partial charge on any atom is -0.392 e. The lowest BCUT2D eigenvalue weighted by molar-refractivity contribution is -0.0739. The van der Waals surface area contributed by atoms with Crippen LogP contribution in [0.2, 0.25) is 0 Å². The number of hydrogen-bond donors (Lipinski definition) is 1. The normalized spacial score (nSPS) is 38.9. The lowest BCUT2D eigenvalue weighted by Gasteiger charge is -2.45. The van der Waals surface area contributed by atoms with Crippen LogP contribution in [0.1, 0.15) is 20.3 Å². The monoisotopic (exact) mass is 125 g/mol. The molecule has 1 fully saturated rings. The second-order valence-corrected chi connectivity index (χ2v) is 3.25. The lowest BCUT2D eigenvalue weighted by atomic mass is 9.61. The summed E-state index contributed by atoms with van der Waals surface area (Å²) in [5, 5.41) is 17.6. The Labute approximate surface area is 55.1 Å². The van der Waals surface area contributed by atoms with Gasteiger partial charge in [-0.15, -0.1) is 0 Å². The van der Waals surface area contributed by atoms with Crippen LogP contribution in [0.5, 0.6) is 0 Å². The van der Waals surface area contributed by atoms with Gasteiger partial charge in [-0.3, -0.25) is 0 Å². The van der Waals surface area contributed by atoms with Gasteiger partial charge in [0.05, 0.1) is 18.1 Å². The van der Waals surface area contributed by atoms with Crippen LogP contribution in [0.3, 0.4) is 0 Å². The van der Waals surface area contributed by atoms with Gasteiger partial charge in [0.1, 0.15) is 0 Å². The zero-order chi connectivity index (χ0) is 7.07. The van der Waals surface area contributed by atoms with Crippen molar-refractivity contribution in [1.29, 1.82) is 5.26 Å². The summed E-state index contributed by atoms with van der Waals surface area (Å²) in [6.07, 6.45) is 0.394. The first kappa shape index (κ1) is 6.57. The SMILES string of the molecule is CC1(C)C(O)CC1C#N. The minimum atomic E-state index is -0.262. The molecular weight excluding hydrogens is 114 g/mol. The molecule has 0 bridgehead atoms. The molecule has 50 valence electrons. The first-order valence-corrected chi connectivity index (χ1v) is 3.16. The van der Waals surface area contributed by atoms with E-state index in [0.717, 1.165) is 0 Å². The largest absolute Gasteiger partial charge is 0.392 e. The van der Waals surface area contributed by atoms with E-state index in [0.29, 0.717) is 6.42 Å². The van der Waals surface area contributed by atoms with E-state index in [1.54, 1.807) is 0 Å². The predicted molar refractivity (Wildman–Crippen MR) is 33.5 cm³/mol. The number of nitrogens with zero attached hydrogens (tertiary/aromatic N) is 1. The van der Waals surface area contributed by atoms with Crippen LogP contribution >= 0.6 is 0 Å². The summed E-state index contributed by atoms with van der Waals surface area (Å²) in [7, 11) is 0. The minimum absolute atomic E-state index is 0.0625. The Hall–Kier alpha value is -0.550. The van der Waals surface area contributed by atoms with Crippen LogP contribution in [0.15, 0.2) is 0 Å². The number of aliphatic hydroxyl groups is 1. The van der Waals surface area contributed by atoms with Crippen molar-refractivity contribution in [2.75, 3.05) is 0 Å². The van der Waals surface area contributed by atoms with Crippen LogP contribution < -0.4 is 0 Å². The van der Waals surface area contributed by atoms with Crippen LogP contribution in [0.25, 0.3) is 0 Å². The van der Waals surface area contributed by atoms with Crippen molar-refractivity contribution < 1.29 is 5.11 Å². The molecular formula is C7H11NO. The van der Waals surface area contributed by atoms with Gasteiger partial charge in [0.25, 0.3) is 0 Å². The zero-order valence-electron chi connectivity index (χ0n) is 5.76. The molecule has 0 amide bonds. The van der Waals surface area contributed by atoms with E-state index >= 15 is 0 Å². The highest BCUT2D eigenvalue weighted by molar-refractivity contribution is 5.06. The summed E-state index contributed by atoms with van der Waals surface area (Å²) < 4.78 is 0. The molecule has 0 radical (unpaired) electrons. The Morgan fingerprint density at radius 1 is 1.67 bits per heavy atom. The summed E-state index contributed by atoms with van der Waals surface area (Å²) in [5.41, 5.74) is -0.158. The predicted octanol–water partition coefficient (Wildman–Crippen LogP) is 0.917. The van der Waals surface area contributed by atoms with E-state index in [4.69, 9.17) is 10.4 Å². The van der Waals surface area contributed by atoms with Crippen LogP contribution in [-0.4, -0.2) is 11.2 Å². The third-order valence-corrected chi connectivity index (χ3v) is 2.37. The molecule has 0 spiro atoms. The highest BCUT2D eigenvalue weighted by atomic mass is 16.3. The summed E-state index contributed by atoms with van der Waals surface area (Å²) in [6.45, 7) is 3.85. The molecule has 2 unspecified atom stereocenters. The third-order valence-electron chi connectivity index (χ3n) is 2.37. The molecule has 1 N–H and O–H groups in total. The Kier molecular flexibility index (Phi) is 1.25. The average Bonchev–Trinajstić information content (AvgIpc) is 1.82. The molecule has 1 aliphatic carbocycles. The van der Waals surface area contributed by atoms with E-state index in [1.165, 1.54) is 0 Å². The fourth-order valence-corrected chi connectivity index (χ4v) is 1.12. The Balaban J connectivity index is 2.61. The Morgan fingerprint density at radius 2 is 2.22 bits per heavy atom. The summed E-state index contributed by atoms with van der Waals surface area (Å²) in [5.74, 6) is 0.0625. The molecule has 0 heterocycles. The van der Waals surface area contributed by atoms with E-state index in [9.17, 15) is 0 Å². The van der Waals surface area contributed by atoms with Gasteiger partial charge in [-0.25, -0.2) is 0 Å². The molecule has 1 aliphatic rings. The van der Waals surface area contributed by atoms with Crippen molar-refractivity contribution in [2.45, 2.75) is 26.4 Å². The number of aliphatic hydroxyl groups excluding tert-OH is 1. The van der Waals surface area contributed by atoms with Crippen molar-refractivity contribution in [2.24, 2.45) is 11.3 Å². The van der Waals surface area contributed by atoms with Crippen LogP contribution in [0, 0.1) is 22.7 Å². The van der Waals surface area contributed by atoms with E-state index < -0.39 is 0 Å². The molecule has 2 heteroatoms. The Bertz CT molecular complexity index is 157. The lowest BCUT2D eigenvalue weighted by Crippen LogP contribution is -2.48. The fourth-order valence-electron chi connectivity index (χ4n) is 1.12. The van der Waals surface area contributed by atoms with E-state index in [2.05, 4.69) is 6.07 Å². The number of hydrogen-bond acceptors (Lipinski definition) is 2. The number of rotatable bonds is 0. The molecule has 0 aromatic heterocycles. The van der Waals surface area contributed by atoms with Gasteiger partial charge in [-0.1, -0.05) is 13.8 Å². The van der Waals surface area contributed by atoms with Gasteiger partial charge >= 0.3 is 0 Å². The number of nitriles is 1. The Morgan fingerprint density at radius 3 is 2.33 bits per heavy atom. The van der Waals surface area contributed by atoms with Crippen molar-refractivity contribution >= 4 is 0 Å². The van der Waals surface area contributed by atoms with Gasteiger partial charge in [0, 0.05) is 5.41 Å². The molecule has 9 heavy (non-hydrogen) atoms. The van der Waals surface area contributed by atoms with Crippen LogP contribution in [-0.2, 0) is 0 Å². The average molecular weight is 125 g/mol. The van der Waals surface area contributed by atoms with Gasteiger partial charge in [0.15, 0.2) is 0 Å². The molecule has 1 rings (SSSR count). The maximum atomic E-state index is 9.13. The van der Waals surface area contributed by atoms with Gasteiger partial charge in [-0.05, 0) is 6.42 Å². The van der Waals surface area contributed by atoms with Gasteiger partial charge in [-0.2, -0.15) is 5.26 Å². The molecule has 0 aromatic rings. The molecule has 1 saturated carbocycles. The van der Waals surface area contributed by atoms with Gasteiger partial charge in [0.2, 0.25) is 0 Å².